The summed E-state index contributed by atoms with van der Waals surface area (Å²) in [5.74, 6) is 0.826. The van der Waals surface area contributed by atoms with Crippen LogP contribution in [0.2, 0.25) is 5.02 Å². The molecule has 0 spiro atoms. The number of anilines is 1. The molecular formula is C20H17ClN6O. The Morgan fingerprint density at radius 3 is 2.89 bits per heavy atom. The van der Waals surface area contributed by atoms with Gasteiger partial charge in [0.25, 0.3) is 0 Å². The zero-order valence-electron chi connectivity index (χ0n) is 15.0. The smallest absolute Gasteiger partial charge is 0.232 e. The average molecular weight is 393 g/mol. The van der Waals surface area contributed by atoms with Crippen LogP contribution in [0, 0.1) is 17.2 Å². The second-order valence-electron chi connectivity index (χ2n) is 6.68. The van der Waals surface area contributed by atoms with Crippen LogP contribution in [-0.2, 0) is 11.2 Å². The quantitative estimate of drug-likeness (QED) is 0.733. The van der Waals surface area contributed by atoms with Crippen LogP contribution in [0.5, 0.6) is 0 Å². The van der Waals surface area contributed by atoms with E-state index in [0.717, 1.165) is 24.0 Å². The van der Waals surface area contributed by atoms with Crippen molar-refractivity contribution in [3.8, 4) is 17.5 Å². The monoisotopic (exact) mass is 392 g/mol. The largest absolute Gasteiger partial charge is 0.281 e. The van der Waals surface area contributed by atoms with Crippen molar-refractivity contribution in [3.63, 3.8) is 0 Å². The number of pyridine rings is 1. The summed E-state index contributed by atoms with van der Waals surface area (Å²) in [6, 6.07) is 11.1. The topological polar surface area (TPSA) is 98.6 Å². The maximum atomic E-state index is 13.0. The number of H-pyrrole nitrogens is 1. The van der Waals surface area contributed by atoms with Gasteiger partial charge in [-0.05, 0) is 49.1 Å². The fraction of sp³-hybridized carbons (Fsp3) is 0.250. The van der Waals surface area contributed by atoms with Gasteiger partial charge in [0.1, 0.15) is 6.07 Å². The normalized spacial score (nSPS) is 16.8. The zero-order valence-corrected chi connectivity index (χ0v) is 15.7. The summed E-state index contributed by atoms with van der Waals surface area (Å²) >= 11 is 6.00. The molecule has 1 unspecified atom stereocenters. The highest BCUT2D eigenvalue weighted by atomic mass is 35.5. The van der Waals surface area contributed by atoms with Crippen molar-refractivity contribution < 1.29 is 4.79 Å². The number of amides is 1. The number of hydrogen-bond donors (Lipinski definition) is 1. The molecule has 1 saturated heterocycles. The number of aromatic amines is 1. The van der Waals surface area contributed by atoms with Gasteiger partial charge in [-0.15, -0.1) is 0 Å². The van der Waals surface area contributed by atoms with E-state index in [9.17, 15) is 4.79 Å². The first kappa shape index (κ1) is 18.1. The van der Waals surface area contributed by atoms with Gasteiger partial charge < -0.3 is 0 Å². The lowest BCUT2D eigenvalue weighted by Gasteiger charge is -2.30. The molecular weight excluding hydrogens is 376 g/mol. The molecule has 1 fully saturated rings. The SMILES string of the molecule is N#Cc1cc(CC2CCCN(c3nc(-c4ccncc4)n[nH]3)C2=O)ccc1Cl. The van der Waals surface area contributed by atoms with Gasteiger partial charge in [0.15, 0.2) is 5.82 Å². The predicted molar refractivity (Wildman–Crippen MR) is 105 cm³/mol. The highest BCUT2D eigenvalue weighted by Crippen LogP contribution is 2.27. The third-order valence-corrected chi connectivity index (χ3v) is 5.18. The molecule has 1 aromatic carbocycles. The number of carbonyl (C=O) groups excluding carboxylic acids is 1. The van der Waals surface area contributed by atoms with Crippen LogP contribution in [0.15, 0.2) is 42.7 Å². The molecule has 2 aromatic heterocycles. The Hall–Kier alpha value is -3.24. The van der Waals surface area contributed by atoms with Gasteiger partial charge in [0.2, 0.25) is 11.9 Å². The molecule has 0 radical (unpaired) electrons. The minimum Gasteiger partial charge on any atom is -0.281 e. The lowest BCUT2D eigenvalue weighted by Crippen LogP contribution is -2.42. The molecule has 0 bridgehead atoms. The predicted octanol–water partition coefficient (Wildman–Crippen LogP) is 3.38. The lowest BCUT2D eigenvalue weighted by molar-refractivity contribution is -0.123. The number of nitrogens with one attached hydrogen (secondary N) is 1. The molecule has 1 N–H and O–H groups in total. The number of piperidine rings is 1. The number of rotatable bonds is 4. The van der Waals surface area contributed by atoms with Gasteiger partial charge in [-0.25, -0.2) is 5.10 Å². The number of hydrogen-bond acceptors (Lipinski definition) is 5. The van der Waals surface area contributed by atoms with Crippen molar-refractivity contribution in [2.24, 2.45) is 5.92 Å². The number of benzene rings is 1. The molecule has 3 aromatic rings. The van der Waals surface area contributed by atoms with Gasteiger partial charge in [0.05, 0.1) is 10.6 Å². The number of carbonyl (C=O) groups is 1. The first-order valence-corrected chi connectivity index (χ1v) is 9.36. The fourth-order valence-electron chi connectivity index (χ4n) is 3.42. The Morgan fingerprint density at radius 1 is 1.29 bits per heavy atom. The molecule has 1 aliphatic rings. The van der Waals surface area contributed by atoms with Gasteiger partial charge in [-0.1, -0.05) is 17.7 Å². The standard InChI is InChI=1S/C20H17ClN6O/c21-17-4-3-13(11-16(17)12-22)10-15-2-1-9-27(19(15)28)20-24-18(25-26-20)14-5-7-23-8-6-14/h3-8,11,15H,1-2,9-10H2,(H,24,25,26). The Labute approximate surface area is 167 Å². The molecule has 0 aliphatic carbocycles. The molecule has 140 valence electrons. The Bertz CT molecular complexity index is 1040. The van der Waals surface area contributed by atoms with E-state index >= 15 is 0 Å². The highest BCUT2D eigenvalue weighted by Gasteiger charge is 2.31. The van der Waals surface area contributed by atoms with Crippen molar-refractivity contribution in [1.29, 1.82) is 5.26 Å². The summed E-state index contributed by atoms with van der Waals surface area (Å²) < 4.78 is 0. The van der Waals surface area contributed by atoms with Gasteiger partial charge in [-0.3, -0.25) is 14.7 Å². The average Bonchev–Trinajstić information content (AvgIpc) is 3.21. The van der Waals surface area contributed by atoms with E-state index in [1.807, 2.05) is 18.2 Å². The Balaban J connectivity index is 1.52. The molecule has 1 amide bonds. The minimum atomic E-state index is -0.170. The second-order valence-corrected chi connectivity index (χ2v) is 7.08. The third kappa shape index (κ3) is 3.59. The van der Waals surface area contributed by atoms with Gasteiger partial charge in [-0.2, -0.15) is 15.3 Å². The lowest BCUT2D eigenvalue weighted by atomic mass is 9.90. The van der Waals surface area contributed by atoms with Crippen molar-refractivity contribution in [2.75, 3.05) is 11.4 Å². The van der Waals surface area contributed by atoms with E-state index in [-0.39, 0.29) is 11.8 Å². The maximum absolute atomic E-state index is 13.0. The van der Waals surface area contributed by atoms with E-state index in [1.54, 1.807) is 29.4 Å². The van der Waals surface area contributed by atoms with E-state index in [4.69, 9.17) is 16.9 Å². The Kier molecular flexibility index (Phi) is 5.04. The first-order valence-electron chi connectivity index (χ1n) is 8.98. The number of aromatic nitrogens is 4. The summed E-state index contributed by atoms with van der Waals surface area (Å²) in [6.45, 7) is 0.602. The van der Waals surface area contributed by atoms with E-state index < -0.39 is 0 Å². The molecule has 1 atom stereocenters. The zero-order chi connectivity index (χ0) is 19.5. The third-order valence-electron chi connectivity index (χ3n) is 4.85. The van der Waals surface area contributed by atoms with Crippen molar-refractivity contribution in [3.05, 3.63) is 58.9 Å². The van der Waals surface area contributed by atoms with Crippen LogP contribution in [0.1, 0.15) is 24.0 Å². The summed E-state index contributed by atoms with van der Waals surface area (Å²) in [6.07, 6.45) is 5.59. The first-order chi connectivity index (χ1) is 13.7. The molecule has 8 heteroatoms. The number of nitrogens with zero attached hydrogens (tertiary/aromatic N) is 5. The summed E-state index contributed by atoms with van der Waals surface area (Å²) in [4.78, 5) is 23.2. The van der Waals surface area contributed by atoms with Gasteiger partial charge in [0, 0.05) is 30.4 Å². The van der Waals surface area contributed by atoms with Crippen LogP contribution in [0.25, 0.3) is 11.4 Å². The van der Waals surface area contributed by atoms with Crippen molar-refractivity contribution >= 4 is 23.5 Å². The fourth-order valence-corrected chi connectivity index (χ4v) is 3.58. The van der Waals surface area contributed by atoms with Gasteiger partial charge >= 0.3 is 0 Å². The Morgan fingerprint density at radius 2 is 2.11 bits per heavy atom. The van der Waals surface area contributed by atoms with Crippen LogP contribution in [0.4, 0.5) is 5.95 Å². The number of halogens is 1. The second kappa shape index (κ2) is 7.79. The van der Waals surface area contributed by atoms with Crippen LogP contribution >= 0.6 is 11.6 Å². The van der Waals surface area contributed by atoms with E-state index in [1.165, 1.54) is 0 Å². The van der Waals surface area contributed by atoms with Crippen LogP contribution < -0.4 is 4.90 Å². The molecule has 28 heavy (non-hydrogen) atoms. The molecule has 7 nitrogen and oxygen atoms in total. The highest BCUT2D eigenvalue weighted by molar-refractivity contribution is 6.31. The van der Waals surface area contributed by atoms with E-state index in [2.05, 4.69) is 26.2 Å². The molecule has 4 rings (SSSR count). The summed E-state index contributed by atoms with van der Waals surface area (Å²) in [7, 11) is 0. The maximum Gasteiger partial charge on any atom is 0.232 e. The van der Waals surface area contributed by atoms with Crippen LogP contribution in [-0.4, -0.2) is 32.6 Å². The molecule has 3 heterocycles. The molecule has 0 saturated carbocycles. The van der Waals surface area contributed by atoms with Crippen LogP contribution in [0.3, 0.4) is 0 Å². The van der Waals surface area contributed by atoms with Crippen molar-refractivity contribution in [1.82, 2.24) is 20.2 Å². The number of nitriles is 1. The van der Waals surface area contributed by atoms with E-state index in [0.29, 0.717) is 35.3 Å². The van der Waals surface area contributed by atoms with Crippen molar-refractivity contribution in [2.45, 2.75) is 19.3 Å². The summed E-state index contributed by atoms with van der Waals surface area (Å²) in [5.41, 5.74) is 2.19. The minimum absolute atomic E-state index is 0.0112. The molecule has 1 aliphatic heterocycles. The summed E-state index contributed by atoms with van der Waals surface area (Å²) in [5, 5.41) is 16.7.